The number of nitrogens with one attached hydrogen (secondary N) is 3. The summed E-state index contributed by atoms with van der Waals surface area (Å²) in [5.74, 6) is -2.11. The number of rotatable bonds is 8. The lowest BCUT2D eigenvalue weighted by molar-refractivity contribution is -0.143. The van der Waals surface area contributed by atoms with Gasteiger partial charge in [0.05, 0.1) is 12.1 Å². The Morgan fingerprint density at radius 3 is 2.30 bits per heavy atom. The predicted octanol–water partition coefficient (Wildman–Crippen LogP) is -0.780. The molecule has 0 aromatic heterocycles. The fourth-order valence-electron chi connectivity index (χ4n) is 2.52. The highest BCUT2D eigenvalue weighted by atomic mass is 16.4. The van der Waals surface area contributed by atoms with Crippen LogP contribution in [0, 0.1) is 5.92 Å². The first kappa shape index (κ1) is 19.4. The fourth-order valence-corrected chi connectivity index (χ4v) is 2.52. The van der Waals surface area contributed by atoms with Crippen molar-refractivity contribution in [2.75, 3.05) is 6.54 Å². The third-order valence-corrected chi connectivity index (χ3v) is 3.76. The molecule has 0 radical (unpaired) electrons. The average Bonchev–Trinajstić information content (AvgIpc) is 2.96. The smallest absolute Gasteiger partial charge is 0.326 e. The van der Waals surface area contributed by atoms with Gasteiger partial charge in [-0.3, -0.25) is 9.59 Å². The van der Waals surface area contributed by atoms with E-state index in [-0.39, 0.29) is 24.3 Å². The number of hydrogen-bond acceptors (Lipinski definition) is 5. The Hall–Kier alpha value is -1.67. The number of amides is 2. The van der Waals surface area contributed by atoms with E-state index < -0.39 is 30.1 Å². The lowest BCUT2D eigenvalue weighted by atomic mass is 10.0. The van der Waals surface area contributed by atoms with E-state index >= 15 is 0 Å². The van der Waals surface area contributed by atoms with Gasteiger partial charge in [-0.25, -0.2) is 4.79 Å². The predicted molar refractivity (Wildman–Crippen MR) is 83.7 cm³/mol. The number of aliphatic hydroxyl groups excluding tert-OH is 1. The maximum Gasteiger partial charge on any atom is 0.326 e. The highest BCUT2D eigenvalue weighted by Crippen LogP contribution is 2.08. The average molecular weight is 329 g/mol. The van der Waals surface area contributed by atoms with Crippen molar-refractivity contribution >= 4 is 17.8 Å². The summed E-state index contributed by atoms with van der Waals surface area (Å²) in [6, 6.07) is -2.61. The molecule has 1 aliphatic rings. The summed E-state index contributed by atoms with van der Waals surface area (Å²) in [5.41, 5.74) is 0. The molecule has 1 fully saturated rings. The summed E-state index contributed by atoms with van der Waals surface area (Å²) in [5, 5.41) is 26.8. The van der Waals surface area contributed by atoms with E-state index in [1.807, 2.05) is 13.8 Å². The molecular formula is C15H27N3O5. The summed E-state index contributed by atoms with van der Waals surface area (Å²) < 4.78 is 0. The Kier molecular flexibility index (Phi) is 7.44. The van der Waals surface area contributed by atoms with Gasteiger partial charge in [-0.15, -0.1) is 0 Å². The monoisotopic (exact) mass is 329 g/mol. The number of carbonyl (C=O) groups is 3. The molecule has 4 atom stereocenters. The number of carboxylic acids is 1. The van der Waals surface area contributed by atoms with Crippen LogP contribution in [0.2, 0.25) is 0 Å². The van der Waals surface area contributed by atoms with Crippen LogP contribution in [-0.4, -0.2) is 58.8 Å². The minimum atomic E-state index is -1.18. The standard InChI is InChI=1S/C15H27N3O5/c1-8(2)7-11(15(22)23)17-14(21)12(9(3)19)18-13(20)10-5-4-6-16-10/h8-12,16,19H,4-7H2,1-3H3,(H,17,21)(H,18,20)(H,22,23)/t9-,10+,11+,12+/m1/s1. The zero-order chi connectivity index (χ0) is 17.6. The molecule has 0 aliphatic carbocycles. The molecule has 1 heterocycles. The van der Waals surface area contributed by atoms with Gasteiger partial charge in [-0.05, 0) is 38.6 Å². The van der Waals surface area contributed by atoms with Gasteiger partial charge in [0.1, 0.15) is 12.1 Å². The zero-order valence-electron chi connectivity index (χ0n) is 13.8. The van der Waals surface area contributed by atoms with Gasteiger partial charge in [0.2, 0.25) is 11.8 Å². The Balaban J connectivity index is 2.69. The molecule has 1 rings (SSSR count). The first-order valence-electron chi connectivity index (χ1n) is 7.97. The molecule has 2 amide bonds. The molecule has 0 unspecified atom stereocenters. The topological polar surface area (TPSA) is 128 Å². The van der Waals surface area contributed by atoms with E-state index in [9.17, 15) is 24.6 Å². The molecule has 132 valence electrons. The van der Waals surface area contributed by atoms with Crippen molar-refractivity contribution in [2.45, 2.75) is 64.3 Å². The quantitative estimate of drug-likeness (QED) is 0.397. The lowest BCUT2D eigenvalue weighted by Gasteiger charge is -2.25. The number of carbonyl (C=O) groups excluding carboxylic acids is 2. The summed E-state index contributed by atoms with van der Waals surface area (Å²) >= 11 is 0. The molecule has 0 spiro atoms. The van der Waals surface area contributed by atoms with Gasteiger partial charge in [0.15, 0.2) is 0 Å². The van der Waals surface area contributed by atoms with E-state index in [2.05, 4.69) is 16.0 Å². The largest absolute Gasteiger partial charge is 0.480 e. The van der Waals surface area contributed by atoms with E-state index in [0.717, 1.165) is 13.0 Å². The second kappa shape index (κ2) is 8.83. The Morgan fingerprint density at radius 2 is 1.87 bits per heavy atom. The van der Waals surface area contributed by atoms with Crippen LogP contribution in [0.4, 0.5) is 0 Å². The van der Waals surface area contributed by atoms with E-state index in [0.29, 0.717) is 6.42 Å². The van der Waals surface area contributed by atoms with Crippen LogP contribution in [0.5, 0.6) is 0 Å². The number of aliphatic carboxylic acids is 1. The summed E-state index contributed by atoms with van der Waals surface area (Å²) in [6.07, 6.45) is 0.685. The molecule has 0 aromatic rings. The normalized spacial score (nSPS) is 21.5. The Morgan fingerprint density at radius 1 is 1.22 bits per heavy atom. The summed E-state index contributed by atoms with van der Waals surface area (Å²) in [4.78, 5) is 35.6. The van der Waals surface area contributed by atoms with Crippen molar-refractivity contribution in [3.8, 4) is 0 Å². The van der Waals surface area contributed by atoms with Crippen LogP contribution in [0.25, 0.3) is 0 Å². The Bertz CT molecular complexity index is 433. The van der Waals surface area contributed by atoms with Crippen molar-refractivity contribution in [1.29, 1.82) is 0 Å². The highest BCUT2D eigenvalue weighted by Gasteiger charge is 2.32. The van der Waals surface area contributed by atoms with Gasteiger partial charge < -0.3 is 26.2 Å². The van der Waals surface area contributed by atoms with Crippen LogP contribution in [0.1, 0.15) is 40.0 Å². The molecule has 23 heavy (non-hydrogen) atoms. The highest BCUT2D eigenvalue weighted by molar-refractivity contribution is 5.92. The first-order chi connectivity index (χ1) is 10.7. The minimum Gasteiger partial charge on any atom is -0.480 e. The van der Waals surface area contributed by atoms with Crippen molar-refractivity contribution in [3.05, 3.63) is 0 Å². The van der Waals surface area contributed by atoms with Crippen LogP contribution >= 0.6 is 0 Å². The molecule has 8 heteroatoms. The van der Waals surface area contributed by atoms with Crippen molar-refractivity contribution in [3.63, 3.8) is 0 Å². The third-order valence-electron chi connectivity index (χ3n) is 3.76. The van der Waals surface area contributed by atoms with Crippen LogP contribution in [-0.2, 0) is 14.4 Å². The molecule has 0 bridgehead atoms. The summed E-state index contributed by atoms with van der Waals surface area (Å²) in [7, 11) is 0. The number of aliphatic hydroxyl groups is 1. The van der Waals surface area contributed by atoms with Gasteiger partial charge >= 0.3 is 5.97 Å². The second-order valence-corrected chi connectivity index (χ2v) is 6.40. The van der Waals surface area contributed by atoms with E-state index in [1.165, 1.54) is 6.92 Å². The van der Waals surface area contributed by atoms with Crippen molar-refractivity contribution < 1.29 is 24.6 Å². The van der Waals surface area contributed by atoms with Gasteiger partial charge in [-0.1, -0.05) is 13.8 Å². The molecule has 1 aliphatic heterocycles. The number of hydrogen-bond donors (Lipinski definition) is 5. The molecule has 0 saturated carbocycles. The SMILES string of the molecule is CC(C)C[C@H](NC(=O)[C@@H](NC(=O)[C@@H]1CCCN1)[C@@H](C)O)C(=O)O. The van der Waals surface area contributed by atoms with Crippen molar-refractivity contribution in [1.82, 2.24) is 16.0 Å². The van der Waals surface area contributed by atoms with Crippen LogP contribution < -0.4 is 16.0 Å². The molecule has 8 nitrogen and oxygen atoms in total. The van der Waals surface area contributed by atoms with Gasteiger partial charge in [-0.2, -0.15) is 0 Å². The lowest BCUT2D eigenvalue weighted by Crippen LogP contribution is -2.58. The maximum absolute atomic E-state index is 12.3. The minimum absolute atomic E-state index is 0.0821. The van der Waals surface area contributed by atoms with Gasteiger partial charge in [0.25, 0.3) is 0 Å². The molecule has 0 aromatic carbocycles. The molecular weight excluding hydrogens is 302 g/mol. The zero-order valence-corrected chi connectivity index (χ0v) is 13.8. The molecule has 5 N–H and O–H groups in total. The fraction of sp³-hybridized carbons (Fsp3) is 0.800. The summed E-state index contributed by atoms with van der Waals surface area (Å²) in [6.45, 7) is 5.81. The molecule has 1 saturated heterocycles. The third kappa shape index (κ3) is 6.15. The van der Waals surface area contributed by atoms with Gasteiger partial charge in [0, 0.05) is 0 Å². The number of carboxylic acid groups (broad SMARTS) is 1. The van der Waals surface area contributed by atoms with E-state index in [1.54, 1.807) is 0 Å². The Labute approximate surface area is 136 Å². The van der Waals surface area contributed by atoms with Crippen LogP contribution in [0.3, 0.4) is 0 Å². The van der Waals surface area contributed by atoms with Crippen molar-refractivity contribution in [2.24, 2.45) is 5.92 Å². The second-order valence-electron chi connectivity index (χ2n) is 6.40. The van der Waals surface area contributed by atoms with Crippen LogP contribution in [0.15, 0.2) is 0 Å². The first-order valence-corrected chi connectivity index (χ1v) is 7.97. The van der Waals surface area contributed by atoms with E-state index in [4.69, 9.17) is 0 Å². The maximum atomic E-state index is 12.3.